The van der Waals surface area contributed by atoms with Gasteiger partial charge in [0.2, 0.25) is 0 Å². The predicted molar refractivity (Wildman–Crippen MR) is 131 cm³/mol. The minimum absolute atomic E-state index is 0.00582. The van der Waals surface area contributed by atoms with E-state index in [-0.39, 0.29) is 31.1 Å². The number of benzene rings is 2. The molecule has 0 aliphatic carbocycles. The third-order valence-electron chi connectivity index (χ3n) is 5.27. The van der Waals surface area contributed by atoms with E-state index in [2.05, 4.69) is 22.6 Å². The van der Waals surface area contributed by atoms with E-state index in [1.165, 1.54) is 19.1 Å². The number of methoxy groups -OCH3 is 1. The molecule has 1 unspecified atom stereocenters. The number of ether oxygens (including phenoxy) is 2. The predicted octanol–water partition coefficient (Wildman–Crippen LogP) is 3.80. The van der Waals surface area contributed by atoms with Crippen molar-refractivity contribution in [2.24, 2.45) is 0 Å². The average Bonchev–Trinajstić information content (AvgIpc) is 2.79. The lowest BCUT2D eigenvalue weighted by Crippen LogP contribution is -2.37. The first-order chi connectivity index (χ1) is 15.1. The van der Waals surface area contributed by atoms with Crippen molar-refractivity contribution in [2.75, 3.05) is 32.2 Å². The molecule has 0 saturated carbocycles. The molecule has 2 aromatic carbocycles. The minimum Gasteiger partial charge on any atom is -0.468 e. The molecule has 0 aliphatic rings. The van der Waals surface area contributed by atoms with Crippen molar-refractivity contribution in [1.82, 2.24) is 4.90 Å². The van der Waals surface area contributed by atoms with Crippen molar-refractivity contribution >= 4 is 44.5 Å². The summed E-state index contributed by atoms with van der Waals surface area (Å²) >= 11 is 2.14. The summed E-state index contributed by atoms with van der Waals surface area (Å²) in [5.74, 6) is -0.930. The van der Waals surface area contributed by atoms with Crippen molar-refractivity contribution < 1.29 is 27.5 Å². The summed E-state index contributed by atoms with van der Waals surface area (Å²) in [5, 5.41) is 0. The quantitative estimate of drug-likeness (QED) is 0.318. The van der Waals surface area contributed by atoms with Crippen LogP contribution in [-0.2, 0) is 36.1 Å². The maximum absolute atomic E-state index is 12.7. The molecule has 0 aromatic heterocycles. The number of halogens is 1. The molecule has 1 amide bonds. The van der Waals surface area contributed by atoms with Crippen LogP contribution in [0, 0.1) is 3.57 Å². The Hall–Kier alpha value is -2.14. The van der Waals surface area contributed by atoms with Crippen LogP contribution in [0.25, 0.3) is 0 Å². The van der Waals surface area contributed by atoms with Crippen LogP contribution in [0.4, 0.5) is 4.79 Å². The van der Waals surface area contributed by atoms with E-state index in [4.69, 9.17) is 9.47 Å². The van der Waals surface area contributed by atoms with Gasteiger partial charge in [0.1, 0.15) is 6.61 Å². The highest BCUT2D eigenvalue weighted by molar-refractivity contribution is 14.1. The number of carbonyl (C=O) groups excluding carboxylic acids is 2. The molecule has 0 fully saturated rings. The van der Waals surface area contributed by atoms with Crippen molar-refractivity contribution in [3.05, 3.63) is 69.3 Å². The third-order valence-corrected chi connectivity index (χ3v) is 7.57. The lowest BCUT2D eigenvalue weighted by molar-refractivity contribution is -0.147. The molecule has 2 aromatic rings. The average molecular weight is 573 g/mol. The molecular weight excluding hydrogens is 545 g/mol. The molecule has 0 aliphatic heterocycles. The van der Waals surface area contributed by atoms with Crippen LogP contribution in [0.2, 0.25) is 0 Å². The molecule has 0 N–H and O–H groups in total. The lowest BCUT2D eigenvalue weighted by atomic mass is 9.80. The summed E-state index contributed by atoms with van der Waals surface area (Å²) < 4.78 is 36.4. The Bertz CT molecular complexity index is 1030. The Kier molecular flexibility index (Phi) is 9.50. The van der Waals surface area contributed by atoms with E-state index in [9.17, 15) is 18.0 Å². The number of carbonyl (C=O) groups is 2. The van der Waals surface area contributed by atoms with Gasteiger partial charge in [0.05, 0.1) is 24.0 Å². The number of sulfone groups is 1. The number of hydrogen-bond donors (Lipinski definition) is 0. The molecule has 0 heterocycles. The number of nitrogens with zero attached hydrogens (tertiary/aromatic N) is 1. The van der Waals surface area contributed by atoms with Crippen LogP contribution in [0.3, 0.4) is 0 Å². The second-order valence-electron chi connectivity index (χ2n) is 7.70. The van der Waals surface area contributed by atoms with Crippen molar-refractivity contribution in [2.45, 2.75) is 25.4 Å². The third kappa shape index (κ3) is 7.47. The van der Waals surface area contributed by atoms with E-state index in [0.717, 1.165) is 9.13 Å². The summed E-state index contributed by atoms with van der Waals surface area (Å²) in [7, 11) is -0.745. The Balaban J connectivity index is 1.94. The molecule has 0 spiro atoms. The molecule has 9 heteroatoms. The van der Waals surface area contributed by atoms with Gasteiger partial charge in [0, 0.05) is 17.2 Å². The zero-order chi connectivity index (χ0) is 23.8. The fraction of sp³-hybridized carbons (Fsp3) is 0.391. The first-order valence-corrected chi connectivity index (χ1v) is 12.9. The summed E-state index contributed by atoms with van der Waals surface area (Å²) in [6, 6.07) is 16.6. The number of esters is 1. The first-order valence-electron chi connectivity index (χ1n) is 10.0. The van der Waals surface area contributed by atoms with Crippen molar-refractivity contribution in [1.29, 1.82) is 0 Å². The zero-order valence-electron chi connectivity index (χ0n) is 18.4. The van der Waals surface area contributed by atoms with E-state index in [0.29, 0.717) is 5.56 Å². The van der Waals surface area contributed by atoms with Crippen LogP contribution in [-0.4, -0.2) is 57.6 Å². The highest BCUT2D eigenvalue weighted by Crippen LogP contribution is 2.31. The van der Waals surface area contributed by atoms with Crippen LogP contribution in [0.15, 0.2) is 54.6 Å². The van der Waals surface area contributed by atoms with Gasteiger partial charge in [-0.05, 0) is 59.2 Å². The van der Waals surface area contributed by atoms with Crippen LogP contribution in [0.5, 0.6) is 0 Å². The number of hydrogen-bond acceptors (Lipinski definition) is 6. The Labute approximate surface area is 203 Å². The molecular formula is C23H28INO6S. The van der Waals surface area contributed by atoms with Gasteiger partial charge in [-0.2, -0.15) is 0 Å². The molecule has 0 saturated heterocycles. The van der Waals surface area contributed by atoms with Gasteiger partial charge in [0.15, 0.2) is 9.84 Å². The Morgan fingerprint density at radius 2 is 1.75 bits per heavy atom. The molecule has 32 heavy (non-hydrogen) atoms. The van der Waals surface area contributed by atoms with Gasteiger partial charge in [-0.15, -0.1) is 0 Å². The van der Waals surface area contributed by atoms with Crippen LogP contribution < -0.4 is 0 Å². The smallest absolute Gasteiger partial charge is 0.409 e. The van der Waals surface area contributed by atoms with Gasteiger partial charge in [-0.3, -0.25) is 4.79 Å². The maximum atomic E-state index is 12.7. The second-order valence-corrected chi connectivity index (χ2v) is 11.2. The first kappa shape index (κ1) is 26.1. The SMILES string of the molecule is COC(=O)C(C)(CCS(=O)(=O)CCN(C)C(=O)OCc1ccccc1)c1cccc(I)c1. The number of amides is 1. The van der Waals surface area contributed by atoms with E-state index in [1.54, 1.807) is 13.0 Å². The largest absolute Gasteiger partial charge is 0.468 e. The van der Waals surface area contributed by atoms with Gasteiger partial charge < -0.3 is 14.4 Å². The molecule has 0 radical (unpaired) electrons. The molecule has 174 valence electrons. The van der Waals surface area contributed by atoms with Gasteiger partial charge in [-0.25, -0.2) is 13.2 Å². The fourth-order valence-corrected chi connectivity index (χ4v) is 5.10. The topological polar surface area (TPSA) is 90.0 Å². The van der Waals surface area contributed by atoms with E-state index in [1.807, 2.05) is 48.5 Å². The fourth-order valence-electron chi connectivity index (χ4n) is 3.08. The second kappa shape index (κ2) is 11.6. The Morgan fingerprint density at radius 1 is 1.06 bits per heavy atom. The monoisotopic (exact) mass is 573 g/mol. The summed E-state index contributed by atoms with van der Waals surface area (Å²) in [4.78, 5) is 25.9. The standard InChI is InChI=1S/C23H28INO6S/c1-23(21(26)30-3,19-10-7-11-20(24)16-19)12-14-32(28,29)15-13-25(2)22(27)31-17-18-8-5-4-6-9-18/h4-11,16H,12-15,17H2,1-3H3. The molecule has 7 nitrogen and oxygen atoms in total. The van der Waals surface area contributed by atoms with Gasteiger partial charge in [-0.1, -0.05) is 42.5 Å². The molecule has 0 bridgehead atoms. The number of rotatable bonds is 10. The van der Waals surface area contributed by atoms with Crippen molar-refractivity contribution in [3.63, 3.8) is 0 Å². The summed E-state index contributed by atoms with van der Waals surface area (Å²) in [6.07, 6.45) is -0.521. The lowest BCUT2D eigenvalue weighted by Gasteiger charge is -2.27. The summed E-state index contributed by atoms with van der Waals surface area (Å²) in [5.41, 5.74) is 0.455. The van der Waals surface area contributed by atoms with E-state index < -0.39 is 27.3 Å². The Morgan fingerprint density at radius 3 is 2.38 bits per heavy atom. The molecule has 2 rings (SSSR count). The van der Waals surface area contributed by atoms with Crippen LogP contribution >= 0.6 is 22.6 Å². The molecule has 1 atom stereocenters. The minimum atomic E-state index is -3.53. The zero-order valence-corrected chi connectivity index (χ0v) is 21.4. The van der Waals surface area contributed by atoms with E-state index >= 15 is 0 Å². The normalized spacial score (nSPS) is 13.1. The van der Waals surface area contributed by atoms with Gasteiger partial charge >= 0.3 is 12.1 Å². The summed E-state index contributed by atoms with van der Waals surface area (Å²) in [6.45, 7) is 1.80. The maximum Gasteiger partial charge on any atom is 0.409 e. The highest BCUT2D eigenvalue weighted by Gasteiger charge is 2.37. The highest BCUT2D eigenvalue weighted by atomic mass is 127. The van der Waals surface area contributed by atoms with Crippen molar-refractivity contribution in [3.8, 4) is 0 Å². The van der Waals surface area contributed by atoms with Gasteiger partial charge in [0.25, 0.3) is 0 Å². The van der Waals surface area contributed by atoms with Crippen LogP contribution in [0.1, 0.15) is 24.5 Å².